The molecule has 0 bridgehead atoms. The number of aryl methyl sites for hydroxylation is 1. The average molecular weight is 242 g/mol. The van der Waals surface area contributed by atoms with E-state index in [2.05, 4.69) is 4.98 Å². The van der Waals surface area contributed by atoms with Crippen LogP contribution in [0.5, 0.6) is 0 Å². The van der Waals surface area contributed by atoms with E-state index >= 15 is 0 Å². The van der Waals surface area contributed by atoms with Gasteiger partial charge in [0.1, 0.15) is 0 Å². The number of rotatable bonds is 5. The maximum absolute atomic E-state index is 12.0. The Morgan fingerprint density at radius 3 is 2.83 bits per heavy atom. The third kappa shape index (κ3) is 2.93. The molecule has 0 saturated carbocycles. The summed E-state index contributed by atoms with van der Waals surface area (Å²) in [7, 11) is 0. The zero-order chi connectivity index (χ0) is 13.0. The number of unbranched alkanes of at least 4 members (excludes halogenated alkanes) is 1. The lowest BCUT2D eigenvalue weighted by Crippen LogP contribution is -2.03. The number of carbonyl (C=O) groups is 1. The molecule has 0 atom stereocenters. The fourth-order valence-electron chi connectivity index (χ4n) is 1.98. The van der Waals surface area contributed by atoms with Crippen LogP contribution in [0.4, 0.5) is 0 Å². The Kier molecular flexibility index (Phi) is 4.05. The van der Waals surface area contributed by atoms with E-state index in [9.17, 15) is 4.79 Å². The van der Waals surface area contributed by atoms with Gasteiger partial charge in [-0.15, -0.1) is 0 Å². The summed E-state index contributed by atoms with van der Waals surface area (Å²) in [4.78, 5) is 16.4. The minimum atomic E-state index is 0.186. The summed E-state index contributed by atoms with van der Waals surface area (Å²) in [6.45, 7) is 2.61. The monoisotopic (exact) mass is 242 g/mol. The third-order valence-electron chi connectivity index (χ3n) is 3.01. The standard InChI is InChI=1S/C15H18N2O/c1-11-5-6-12-10-13(7-8-14(12)17-11)15(18)4-2-3-9-16/h5-8,10H,2-4,9,16H2,1H3. The minimum Gasteiger partial charge on any atom is -0.330 e. The van der Waals surface area contributed by atoms with Gasteiger partial charge in [0.25, 0.3) is 0 Å². The Bertz CT molecular complexity index is 563. The maximum Gasteiger partial charge on any atom is 0.162 e. The van der Waals surface area contributed by atoms with Crippen molar-refractivity contribution in [3.05, 3.63) is 41.6 Å². The van der Waals surface area contributed by atoms with Gasteiger partial charge in [-0.25, -0.2) is 0 Å². The molecule has 0 aliphatic carbocycles. The molecule has 0 fully saturated rings. The van der Waals surface area contributed by atoms with Gasteiger partial charge < -0.3 is 5.73 Å². The lowest BCUT2D eigenvalue weighted by Gasteiger charge is -2.03. The number of aromatic nitrogens is 1. The highest BCUT2D eigenvalue weighted by Crippen LogP contribution is 2.16. The highest BCUT2D eigenvalue weighted by molar-refractivity contribution is 5.99. The van der Waals surface area contributed by atoms with E-state index in [1.807, 2.05) is 37.3 Å². The zero-order valence-electron chi connectivity index (χ0n) is 10.6. The van der Waals surface area contributed by atoms with Gasteiger partial charge in [-0.2, -0.15) is 0 Å². The van der Waals surface area contributed by atoms with E-state index in [4.69, 9.17) is 5.73 Å². The largest absolute Gasteiger partial charge is 0.330 e. The molecule has 1 aromatic heterocycles. The maximum atomic E-state index is 12.0. The molecule has 2 rings (SSSR count). The van der Waals surface area contributed by atoms with Gasteiger partial charge in [0.05, 0.1) is 5.52 Å². The van der Waals surface area contributed by atoms with Crippen molar-refractivity contribution in [2.45, 2.75) is 26.2 Å². The topological polar surface area (TPSA) is 56.0 Å². The Hall–Kier alpha value is -1.74. The van der Waals surface area contributed by atoms with Crippen molar-refractivity contribution in [3.63, 3.8) is 0 Å². The van der Waals surface area contributed by atoms with Gasteiger partial charge in [0.2, 0.25) is 0 Å². The van der Waals surface area contributed by atoms with Gasteiger partial charge in [-0.3, -0.25) is 9.78 Å². The van der Waals surface area contributed by atoms with Crippen molar-refractivity contribution in [2.75, 3.05) is 6.54 Å². The normalized spacial score (nSPS) is 10.8. The Labute approximate surface area is 107 Å². The summed E-state index contributed by atoms with van der Waals surface area (Å²) in [5, 5.41) is 1.02. The van der Waals surface area contributed by atoms with Crippen molar-refractivity contribution < 1.29 is 4.79 Å². The molecule has 0 radical (unpaired) electrons. The fourth-order valence-corrected chi connectivity index (χ4v) is 1.98. The Morgan fingerprint density at radius 1 is 1.22 bits per heavy atom. The van der Waals surface area contributed by atoms with E-state index in [0.29, 0.717) is 13.0 Å². The number of fused-ring (bicyclic) bond motifs is 1. The first-order valence-electron chi connectivity index (χ1n) is 6.31. The molecule has 1 aromatic carbocycles. The number of ketones is 1. The van der Waals surface area contributed by atoms with E-state index in [1.54, 1.807) is 0 Å². The van der Waals surface area contributed by atoms with Crippen LogP contribution in [0.15, 0.2) is 30.3 Å². The first-order chi connectivity index (χ1) is 8.70. The first kappa shape index (κ1) is 12.7. The lowest BCUT2D eigenvalue weighted by atomic mass is 10.0. The molecule has 3 nitrogen and oxygen atoms in total. The van der Waals surface area contributed by atoms with Gasteiger partial charge in [0.15, 0.2) is 5.78 Å². The summed E-state index contributed by atoms with van der Waals surface area (Å²) in [6.07, 6.45) is 2.33. The number of hydrogen-bond acceptors (Lipinski definition) is 3. The molecule has 0 unspecified atom stereocenters. The van der Waals surface area contributed by atoms with E-state index in [0.717, 1.165) is 35.0 Å². The molecule has 2 aromatic rings. The molecule has 0 spiro atoms. The van der Waals surface area contributed by atoms with Gasteiger partial charge in [-0.05, 0) is 50.6 Å². The number of Topliss-reactive ketones (excluding diaryl/α,β-unsaturated/α-hetero) is 1. The molecular formula is C15H18N2O. The molecule has 2 N–H and O–H groups in total. The molecular weight excluding hydrogens is 224 g/mol. The SMILES string of the molecule is Cc1ccc2cc(C(=O)CCCCN)ccc2n1. The van der Waals surface area contributed by atoms with Crippen molar-refractivity contribution in [1.29, 1.82) is 0 Å². The Morgan fingerprint density at radius 2 is 2.06 bits per heavy atom. The first-order valence-corrected chi connectivity index (χ1v) is 6.31. The van der Waals surface area contributed by atoms with Crippen LogP contribution < -0.4 is 5.73 Å². The number of carbonyl (C=O) groups excluding carboxylic acids is 1. The predicted molar refractivity (Wildman–Crippen MR) is 73.7 cm³/mol. The van der Waals surface area contributed by atoms with Crippen molar-refractivity contribution >= 4 is 16.7 Å². The molecule has 1 heterocycles. The third-order valence-corrected chi connectivity index (χ3v) is 3.01. The average Bonchev–Trinajstić information content (AvgIpc) is 2.38. The summed E-state index contributed by atoms with van der Waals surface area (Å²) in [6, 6.07) is 9.67. The van der Waals surface area contributed by atoms with Crippen LogP contribution >= 0.6 is 0 Å². The van der Waals surface area contributed by atoms with Gasteiger partial charge in [-0.1, -0.05) is 6.07 Å². The van der Waals surface area contributed by atoms with Crippen LogP contribution in [0.1, 0.15) is 35.3 Å². The summed E-state index contributed by atoms with van der Waals surface area (Å²) in [5.74, 6) is 0.186. The summed E-state index contributed by atoms with van der Waals surface area (Å²) >= 11 is 0. The van der Waals surface area contributed by atoms with Gasteiger partial charge in [0, 0.05) is 23.1 Å². The minimum absolute atomic E-state index is 0.186. The fraction of sp³-hybridized carbons (Fsp3) is 0.333. The molecule has 3 heteroatoms. The number of nitrogens with two attached hydrogens (primary N) is 1. The smallest absolute Gasteiger partial charge is 0.162 e. The summed E-state index contributed by atoms with van der Waals surface area (Å²) < 4.78 is 0. The van der Waals surface area contributed by atoms with Crippen LogP contribution in [0.3, 0.4) is 0 Å². The van der Waals surface area contributed by atoms with Crippen LogP contribution in [0.2, 0.25) is 0 Å². The van der Waals surface area contributed by atoms with Crippen molar-refractivity contribution in [1.82, 2.24) is 4.98 Å². The molecule has 0 amide bonds. The van der Waals surface area contributed by atoms with Crippen LogP contribution in [-0.4, -0.2) is 17.3 Å². The molecule has 94 valence electrons. The molecule has 18 heavy (non-hydrogen) atoms. The lowest BCUT2D eigenvalue weighted by molar-refractivity contribution is 0.0980. The predicted octanol–water partition coefficient (Wildman–Crippen LogP) is 2.85. The highest BCUT2D eigenvalue weighted by atomic mass is 16.1. The number of nitrogens with zero attached hydrogens (tertiary/aromatic N) is 1. The zero-order valence-corrected chi connectivity index (χ0v) is 10.6. The van der Waals surface area contributed by atoms with Gasteiger partial charge >= 0.3 is 0 Å². The van der Waals surface area contributed by atoms with Crippen LogP contribution in [0, 0.1) is 6.92 Å². The van der Waals surface area contributed by atoms with E-state index in [-0.39, 0.29) is 5.78 Å². The summed E-state index contributed by atoms with van der Waals surface area (Å²) in [5.41, 5.74) is 8.12. The molecule has 0 aliphatic rings. The van der Waals surface area contributed by atoms with Crippen LogP contribution in [0.25, 0.3) is 10.9 Å². The second-order valence-electron chi connectivity index (χ2n) is 4.53. The number of pyridine rings is 1. The number of hydrogen-bond donors (Lipinski definition) is 1. The van der Waals surface area contributed by atoms with Crippen molar-refractivity contribution in [2.24, 2.45) is 5.73 Å². The molecule has 0 aliphatic heterocycles. The van der Waals surface area contributed by atoms with Crippen LogP contribution in [-0.2, 0) is 0 Å². The Balaban J connectivity index is 2.19. The second-order valence-corrected chi connectivity index (χ2v) is 4.53. The molecule has 0 saturated heterocycles. The van der Waals surface area contributed by atoms with Crippen molar-refractivity contribution in [3.8, 4) is 0 Å². The highest BCUT2D eigenvalue weighted by Gasteiger charge is 2.06. The number of benzene rings is 1. The second kappa shape index (κ2) is 5.74. The van der Waals surface area contributed by atoms with E-state index < -0.39 is 0 Å². The quantitative estimate of drug-likeness (QED) is 0.648. The van der Waals surface area contributed by atoms with E-state index in [1.165, 1.54) is 0 Å².